The molecule has 0 saturated heterocycles. The number of carbonyl (C=O) groups is 2. The number of carboxylic acids is 1. The third kappa shape index (κ3) is 3.28. The van der Waals surface area contributed by atoms with Crippen molar-refractivity contribution in [3.8, 4) is 11.1 Å². The van der Waals surface area contributed by atoms with Gasteiger partial charge >= 0.3 is 5.97 Å². The Labute approximate surface area is 182 Å². The molecule has 3 heterocycles. The Bertz CT molecular complexity index is 1150. The van der Waals surface area contributed by atoms with Gasteiger partial charge in [0, 0.05) is 37.8 Å². The van der Waals surface area contributed by atoms with Gasteiger partial charge in [-0.15, -0.1) is 0 Å². The van der Waals surface area contributed by atoms with Gasteiger partial charge in [0.05, 0.1) is 0 Å². The highest BCUT2D eigenvalue weighted by Gasteiger charge is 2.55. The molecule has 1 aromatic carbocycles. The number of nitrogens with zero attached hydrogens (tertiary/aromatic N) is 4. The molecule has 3 N–H and O–H groups in total. The van der Waals surface area contributed by atoms with E-state index >= 15 is 0 Å². The van der Waals surface area contributed by atoms with Crippen molar-refractivity contribution < 1.29 is 23.5 Å². The molecule has 2 atom stereocenters. The number of alkyl halides is 1. The van der Waals surface area contributed by atoms with E-state index in [1.165, 1.54) is 29.1 Å². The standard InChI is InChI=1S/C22H21F2N5O3/c1-28-20(32)22(27-21(28)25,15-11-17(19(30)31)29(12-15)9-7-23)14-5-2-4-13(10-14)16-6-3-8-26-18(16)24/h2-6,8,10-11,15H,7,9,12H2,1H3,(H2,25,27)(H,30,31)/t15?,22-/m0/s1. The van der Waals surface area contributed by atoms with Gasteiger partial charge in [-0.1, -0.05) is 18.2 Å². The van der Waals surface area contributed by atoms with E-state index in [2.05, 4.69) is 9.98 Å². The number of rotatable bonds is 6. The highest BCUT2D eigenvalue weighted by Crippen LogP contribution is 2.44. The Morgan fingerprint density at radius 1 is 1.34 bits per heavy atom. The molecule has 0 spiro atoms. The molecular formula is C22H21F2N5O3. The number of carboxylic acid groups (broad SMARTS) is 1. The summed E-state index contributed by atoms with van der Waals surface area (Å²) < 4.78 is 27.4. The summed E-state index contributed by atoms with van der Waals surface area (Å²) in [5.74, 6) is -3.10. The molecular weight excluding hydrogens is 420 g/mol. The monoisotopic (exact) mass is 441 g/mol. The van der Waals surface area contributed by atoms with Gasteiger partial charge in [0.1, 0.15) is 12.4 Å². The number of likely N-dealkylation sites (N-methyl/N-ethyl adjacent to an activating group) is 1. The maximum absolute atomic E-state index is 14.3. The van der Waals surface area contributed by atoms with Crippen LogP contribution in [0.2, 0.25) is 0 Å². The lowest BCUT2D eigenvalue weighted by Gasteiger charge is -2.31. The number of amides is 1. The number of pyridine rings is 1. The van der Waals surface area contributed by atoms with Crippen molar-refractivity contribution in [3.63, 3.8) is 0 Å². The van der Waals surface area contributed by atoms with E-state index in [4.69, 9.17) is 5.73 Å². The van der Waals surface area contributed by atoms with Crippen LogP contribution in [0.5, 0.6) is 0 Å². The fourth-order valence-corrected chi connectivity index (χ4v) is 4.29. The molecule has 0 saturated carbocycles. The smallest absolute Gasteiger partial charge is 0.351 e. The summed E-state index contributed by atoms with van der Waals surface area (Å²) in [6.07, 6.45) is 2.75. The van der Waals surface area contributed by atoms with Crippen LogP contribution in [0.4, 0.5) is 8.78 Å². The number of aliphatic imine (C=N–C) groups is 1. The highest BCUT2D eigenvalue weighted by atomic mass is 19.1. The summed E-state index contributed by atoms with van der Waals surface area (Å²) >= 11 is 0. The van der Waals surface area contributed by atoms with Gasteiger partial charge < -0.3 is 15.7 Å². The van der Waals surface area contributed by atoms with Crippen molar-refractivity contribution in [1.82, 2.24) is 14.8 Å². The molecule has 2 aliphatic heterocycles. The number of halogens is 2. The SMILES string of the molecule is CN1C(=O)[C@](c2cccc(-c3cccnc3F)c2)(C2C=C(C(=O)O)N(CCF)C2)N=C1N. The molecule has 166 valence electrons. The Morgan fingerprint density at radius 2 is 2.12 bits per heavy atom. The molecule has 32 heavy (non-hydrogen) atoms. The Kier molecular flexibility index (Phi) is 5.37. The minimum atomic E-state index is -1.57. The molecule has 1 amide bonds. The van der Waals surface area contributed by atoms with Crippen molar-refractivity contribution in [3.05, 3.63) is 65.9 Å². The quantitative estimate of drug-likeness (QED) is 0.661. The van der Waals surface area contributed by atoms with Crippen molar-refractivity contribution in [1.29, 1.82) is 0 Å². The maximum Gasteiger partial charge on any atom is 0.351 e. The molecule has 0 radical (unpaired) electrons. The maximum atomic E-state index is 14.3. The first-order valence-electron chi connectivity index (χ1n) is 9.90. The fourth-order valence-electron chi connectivity index (χ4n) is 4.29. The summed E-state index contributed by atoms with van der Waals surface area (Å²) in [4.78, 5) is 35.9. The second-order valence-electron chi connectivity index (χ2n) is 7.62. The van der Waals surface area contributed by atoms with E-state index in [1.54, 1.807) is 36.4 Å². The number of aromatic nitrogens is 1. The first-order chi connectivity index (χ1) is 15.3. The average molecular weight is 441 g/mol. The van der Waals surface area contributed by atoms with Crippen LogP contribution >= 0.6 is 0 Å². The second-order valence-corrected chi connectivity index (χ2v) is 7.62. The van der Waals surface area contributed by atoms with Crippen LogP contribution in [0.25, 0.3) is 11.1 Å². The van der Waals surface area contributed by atoms with Gasteiger partial charge in [0.25, 0.3) is 5.91 Å². The molecule has 4 rings (SSSR count). The zero-order valence-electron chi connectivity index (χ0n) is 17.2. The largest absolute Gasteiger partial charge is 0.477 e. The first-order valence-corrected chi connectivity index (χ1v) is 9.90. The van der Waals surface area contributed by atoms with E-state index in [1.807, 2.05) is 0 Å². The zero-order valence-corrected chi connectivity index (χ0v) is 17.2. The van der Waals surface area contributed by atoms with E-state index in [9.17, 15) is 23.5 Å². The number of aliphatic carboxylic acids is 1. The van der Waals surface area contributed by atoms with Crippen molar-refractivity contribution in [2.45, 2.75) is 5.54 Å². The van der Waals surface area contributed by atoms with E-state index in [0.29, 0.717) is 11.1 Å². The van der Waals surface area contributed by atoms with Crippen molar-refractivity contribution in [2.75, 3.05) is 26.8 Å². The molecule has 2 aromatic rings. The molecule has 0 fully saturated rings. The predicted octanol–water partition coefficient (Wildman–Crippen LogP) is 1.74. The fraction of sp³-hybridized carbons (Fsp3) is 0.273. The zero-order chi connectivity index (χ0) is 23.0. The summed E-state index contributed by atoms with van der Waals surface area (Å²) in [6.45, 7) is -0.818. The molecule has 8 nitrogen and oxygen atoms in total. The number of hydrogen-bond acceptors (Lipinski definition) is 6. The lowest BCUT2D eigenvalue weighted by Crippen LogP contribution is -2.46. The van der Waals surface area contributed by atoms with Crippen molar-refractivity contribution >= 4 is 17.8 Å². The summed E-state index contributed by atoms with van der Waals surface area (Å²) in [5, 5.41) is 9.58. The number of hydrogen-bond donors (Lipinski definition) is 2. The summed E-state index contributed by atoms with van der Waals surface area (Å²) in [7, 11) is 1.48. The van der Waals surface area contributed by atoms with E-state index < -0.39 is 36.0 Å². The lowest BCUT2D eigenvalue weighted by atomic mass is 9.77. The van der Waals surface area contributed by atoms with Crippen LogP contribution in [-0.2, 0) is 15.1 Å². The molecule has 0 bridgehead atoms. The van der Waals surface area contributed by atoms with Crippen LogP contribution in [-0.4, -0.2) is 64.5 Å². The van der Waals surface area contributed by atoms with Crippen LogP contribution < -0.4 is 5.73 Å². The highest BCUT2D eigenvalue weighted by molar-refractivity contribution is 6.07. The molecule has 1 unspecified atom stereocenters. The van der Waals surface area contributed by atoms with E-state index in [0.717, 1.165) is 0 Å². The van der Waals surface area contributed by atoms with Gasteiger partial charge in [0.2, 0.25) is 5.95 Å². The minimum Gasteiger partial charge on any atom is -0.477 e. The predicted molar refractivity (Wildman–Crippen MR) is 112 cm³/mol. The third-order valence-corrected chi connectivity index (χ3v) is 5.86. The van der Waals surface area contributed by atoms with Gasteiger partial charge in [-0.2, -0.15) is 4.39 Å². The van der Waals surface area contributed by atoms with Crippen molar-refractivity contribution in [2.24, 2.45) is 16.6 Å². The summed E-state index contributed by atoms with van der Waals surface area (Å²) in [6, 6.07) is 9.79. The van der Waals surface area contributed by atoms with Gasteiger partial charge in [-0.3, -0.25) is 9.69 Å². The number of benzene rings is 1. The molecule has 10 heteroatoms. The van der Waals surface area contributed by atoms with E-state index in [-0.39, 0.29) is 30.3 Å². The lowest BCUT2D eigenvalue weighted by molar-refractivity contribution is -0.134. The van der Waals surface area contributed by atoms with Gasteiger partial charge in [-0.25, -0.2) is 19.2 Å². The Hall–Kier alpha value is -3.82. The molecule has 2 aliphatic rings. The topological polar surface area (TPSA) is 112 Å². The number of carbonyl (C=O) groups excluding carboxylic acids is 1. The van der Waals surface area contributed by atoms with Gasteiger partial charge in [-0.05, 0) is 35.4 Å². The molecule has 0 aliphatic carbocycles. The van der Waals surface area contributed by atoms with Gasteiger partial charge in [0.15, 0.2) is 11.5 Å². The first kappa shape index (κ1) is 21.4. The minimum absolute atomic E-state index is 0.0258. The molecule has 1 aromatic heterocycles. The van der Waals surface area contributed by atoms with Crippen LogP contribution in [0.3, 0.4) is 0 Å². The number of guanidine groups is 1. The van der Waals surface area contributed by atoms with Crippen LogP contribution in [0.1, 0.15) is 5.56 Å². The van der Waals surface area contributed by atoms with Crippen LogP contribution in [0, 0.1) is 11.9 Å². The number of nitrogens with two attached hydrogens (primary N) is 1. The summed E-state index contributed by atoms with van der Waals surface area (Å²) in [5.41, 5.74) is 5.45. The average Bonchev–Trinajstić information content (AvgIpc) is 3.30. The third-order valence-electron chi connectivity index (χ3n) is 5.86. The second kappa shape index (κ2) is 8.03. The Balaban J connectivity index is 1.88. The normalized spacial score (nSPS) is 22.8. The Morgan fingerprint density at radius 3 is 2.75 bits per heavy atom. The van der Waals surface area contributed by atoms with Crippen LogP contribution in [0.15, 0.2) is 59.4 Å².